The summed E-state index contributed by atoms with van der Waals surface area (Å²) in [6.45, 7) is 3.08. The number of hydrogen-bond donors (Lipinski definition) is 0. The third-order valence-corrected chi connectivity index (χ3v) is 5.06. The predicted octanol–water partition coefficient (Wildman–Crippen LogP) is 5.01. The molecule has 1 amide bonds. The summed E-state index contributed by atoms with van der Waals surface area (Å²) < 4.78 is 1.12. The first-order valence-corrected chi connectivity index (χ1v) is 8.93. The first-order valence-electron chi connectivity index (χ1n) is 7.73. The van der Waals surface area contributed by atoms with Crippen molar-refractivity contribution in [2.75, 3.05) is 6.54 Å². The third kappa shape index (κ3) is 3.83. The largest absolute Gasteiger partial charge is 0.335 e. The fourth-order valence-corrected chi connectivity index (χ4v) is 3.45. The van der Waals surface area contributed by atoms with Gasteiger partial charge in [0.05, 0.1) is 10.2 Å². The average Bonchev–Trinajstić information content (AvgIpc) is 3.02. The van der Waals surface area contributed by atoms with Crippen molar-refractivity contribution >= 4 is 45.1 Å². The van der Waals surface area contributed by atoms with Crippen LogP contribution in [0.3, 0.4) is 0 Å². The first kappa shape index (κ1) is 16.7. The molecule has 0 saturated carbocycles. The van der Waals surface area contributed by atoms with Gasteiger partial charge < -0.3 is 4.90 Å². The quantitative estimate of drug-likeness (QED) is 0.602. The van der Waals surface area contributed by atoms with Crippen LogP contribution in [-0.2, 0) is 11.3 Å². The molecular weight excluding hydrogens is 340 g/mol. The molecule has 3 nitrogen and oxygen atoms in total. The van der Waals surface area contributed by atoms with E-state index in [1.165, 1.54) is 0 Å². The van der Waals surface area contributed by atoms with Gasteiger partial charge in [0, 0.05) is 24.2 Å². The number of fused-ring (bicyclic) bond motifs is 1. The lowest BCUT2D eigenvalue weighted by Gasteiger charge is -2.19. The molecule has 0 aliphatic carbocycles. The highest BCUT2D eigenvalue weighted by atomic mass is 35.5. The van der Waals surface area contributed by atoms with Gasteiger partial charge in [-0.2, -0.15) is 0 Å². The molecule has 0 radical (unpaired) electrons. The van der Waals surface area contributed by atoms with Gasteiger partial charge in [0.1, 0.15) is 5.01 Å². The van der Waals surface area contributed by atoms with Crippen molar-refractivity contribution in [2.45, 2.75) is 13.5 Å². The maximum Gasteiger partial charge on any atom is 0.246 e. The summed E-state index contributed by atoms with van der Waals surface area (Å²) in [7, 11) is 0. The lowest BCUT2D eigenvalue weighted by Crippen LogP contribution is -2.28. The molecule has 24 heavy (non-hydrogen) atoms. The van der Waals surface area contributed by atoms with E-state index in [9.17, 15) is 4.79 Å². The molecule has 3 aromatic rings. The van der Waals surface area contributed by atoms with Crippen LogP contribution in [0.1, 0.15) is 17.5 Å². The van der Waals surface area contributed by atoms with Crippen LogP contribution >= 0.6 is 22.9 Å². The predicted molar refractivity (Wildman–Crippen MR) is 101 cm³/mol. The van der Waals surface area contributed by atoms with E-state index in [0.29, 0.717) is 18.1 Å². The van der Waals surface area contributed by atoms with Crippen LogP contribution in [0.4, 0.5) is 0 Å². The summed E-state index contributed by atoms with van der Waals surface area (Å²) in [5.74, 6) is -0.0447. The van der Waals surface area contributed by atoms with E-state index in [0.717, 1.165) is 20.8 Å². The number of hydrogen-bond acceptors (Lipinski definition) is 3. The van der Waals surface area contributed by atoms with E-state index in [2.05, 4.69) is 4.98 Å². The van der Waals surface area contributed by atoms with Crippen LogP contribution in [0, 0.1) is 0 Å². The number of carbonyl (C=O) groups excluding carboxylic acids is 1. The second-order valence-electron chi connectivity index (χ2n) is 5.30. The minimum Gasteiger partial charge on any atom is -0.335 e. The summed E-state index contributed by atoms with van der Waals surface area (Å²) in [5.41, 5.74) is 1.90. The molecule has 0 spiro atoms. The number of rotatable bonds is 5. The summed E-state index contributed by atoms with van der Waals surface area (Å²) in [5, 5.41) is 1.51. The average molecular weight is 357 g/mol. The minimum absolute atomic E-state index is 0.0447. The molecule has 0 atom stereocenters. The Morgan fingerprint density at radius 2 is 1.96 bits per heavy atom. The van der Waals surface area contributed by atoms with Crippen molar-refractivity contribution in [2.24, 2.45) is 0 Å². The Morgan fingerprint density at radius 1 is 1.21 bits per heavy atom. The molecule has 0 N–H and O–H groups in total. The van der Waals surface area contributed by atoms with E-state index in [1.54, 1.807) is 28.4 Å². The lowest BCUT2D eigenvalue weighted by molar-refractivity contribution is -0.126. The monoisotopic (exact) mass is 356 g/mol. The highest BCUT2D eigenvalue weighted by Gasteiger charge is 2.11. The minimum atomic E-state index is -0.0447. The summed E-state index contributed by atoms with van der Waals surface area (Å²) in [6, 6.07) is 15.5. The molecule has 122 valence electrons. The van der Waals surface area contributed by atoms with E-state index < -0.39 is 0 Å². The number of nitrogens with zero attached hydrogens (tertiary/aromatic N) is 2. The molecule has 0 aliphatic rings. The van der Waals surface area contributed by atoms with Crippen molar-refractivity contribution in [1.82, 2.24) is 9.88 Å². The lowest BCUT2D eigenvalue weighted by atomic mass is 10.2. The number of para-hydroxylation sites is 1. The molecule has 1 aromatic heterocycles. The van der Waals surface area contributed by atoms with Crippen LogP contribution in [0.25, 0.3) is 16.3 Å². The fourth-order valence-electron chi connectivity index (χ4n) is 2.39. The van der Waals surface area contributed by atoms with Gasteiger partial charge >= 0.3 is 0 Å². The van der Waals surface area contributed by atoms with Crippen molar-refractivity contribution in [1.29, 1.82) is 0 Å². The summed E-state index contributed by atoms with van der Waals surface area (Å²) in [4.78, 5) is 18.7. The Labute approximate surface area is 150 Å². The van der Waals surface area contributed by atoms with Gasteiger partial charge in [0.2, 0.25) is 5.91 Å². The van der Waals surface area contributed by atoms with E-state index in [-0.39, 0.29) is 5.91 Å². The van der Waals surface area contributed by atoms with Gasteiger partial charge in [0.15, 0.2) is 0 Å². The highest BCUT2D eigenvalue weighted by Crippen LogP contribution is 2.22. The van der Waals surface area contributed by atoms with Gasteiger partial charge in [-0.25, -0.2) is 4.98 Å². The number of aromatic nitrogens is 1. The zero-order chi connectivity index (χ0) is 16.9. The zero-order valence-corrected chi connectivity index (χ0v) is 14.8. The van der Waals surface area contributed by atoms with Gasteiger partial charge in [0.25, 0.3) is 0 Å². The summed E-state index contributed by atoms with van der Waals surface area (Å²) >= 11 is 7.76. The molecule has 5 heteroatoms. The maximum absolute atomic E-state index is 12.5. The van der Waals surface area contributed by atoms with Crippen molar-refractivity contribution in [3.63, 3.8) is 0 Å². The Hall–Kier alpha value is -2.17. The molecule has 2 aromatic carbocycles. The van der Waals surface area contributed by atoms with Crippen LogP contribution < -0.4 is 0 Å². The van der Waals surface area contributed by atoms with E-state index in [1.807, 2.05) is 55.5 Å². The normalized spacial score (nSPS) is 11.2. The van der Waals surface area contributed by atoms with Gasteiger partial charge in [-0.3, -0.25) is 4.79 Å². The van der Waals surface area contributed by atoms with Gasteiger partial charge in [-0.15, -0.1) is 11.3 Å². The third-order valence-electron chi connectivity index (χ3n) is 3.69. The zero-order valence-electron chi connectivity index (χ0n) is 13.3. The van der Waals surface area contributed by atoms with Crippen molar-refractivity contribution < 1.29 is 4.79 Å². The number of amides is 1. The smallest absolute Gasteiger partial charge is 0.246 e. The highest BCUT2D eigenvalue weighted by molar-refractivity contribution is 7.19. The Kier molecular flexibility index (Phi) is 5.28. The number of halogens is 1. The second-order valence-corrected chi connectivity index (χ2v) is 6.77. The Morgan fingerprint density at radius 3 is 2.71 bits per heavy atom. The van der Waals surface area contributed by atoms with E-state index >= 15 is 0 Å². The fraction of sp³-hybridized carbons (Fsp3) is 0.158. The molecule has 1 heterocycles. The number of benzene rings is 2. The SMILES string of the molecule is CCN(Cc1ccccc1Cl)C(=O)/C=C/c1nc2ccccc2s1. The molecule has 0 aliphatic heterocycles. The molecule has 0 unspecified atom stereocenters. The molecule has 3 rings (SSSR count). The topological polar surface area (TPSA) is 33.2 Å². The van der Waals surface area contributed by atoms with Crippen LogP contribution in [0.2, 0.25) is 5.02 Å². The van der Waals surface area contributed by atoms with Crippen LogP contribution in [0.5, 0.6) is 0 Å². The molecule has 0 fully saturated rings. The molecule has 0 saturated heterocycles. The first-order chi connectivity index (χ1) is 11.7. The Bertz CT molecular complexity index is 855. The van der Waals surface area contributed by atoms with Gasteiger partial charge in [-0.1, -0.05) is 41.9 Å². The van der Waals surface area contributed by atoms with Crippen molar-refractivity contribution in [3.8, 4) is 0 Å². The molecular formula is C19H17ClN2OS. The standard InChI is InChI=1S/C19H17ClN2OS/c1-2-22(13-14-7-3-4-8-15(14)20)19(23)12-11-18-21-16-9-5-6-10-17(16)24-18/h3-12H,2,13H2,1H3/b12-11+. The number of carbonyl (C=O) groups is 1. The van der Waals surface area contributed by atoms with E-state index in [4.69, 9.17) is 11.6 Å². The second kappa shape index (κ2) is 7.60. The van der Waals surface area contributed by atoms with Crippen LogP contribution in [-0.4, -0.2) is 22.3 Å². The number of thiazole rings is 1. The van der Waals surface area contributed by atoms with Crippen LogP contribution in [0.15, 0.2) is 54.6 Å². The summed E-state index contributed by atoms with van der Waals surface area (Å²) in [6.07, 6.45) is 3.36. The van der Waals surface area contributed by atoms with Gasteiger partial charge in [-0.05, 0) is 36.8 Å². The number of likely N-dealkylation sites (N-methyl/N-ethyl adjacent to an activating group) is 1. The Balaban J connectivity index is 1.73. The maximum atomic E-state index is 12.5. The van der Waals surface area contributed by atoms with Crippen molar-refractivity contribution in [3.05, 3.63) is 70.2 Å². The molecule has 0 bridgehead atoms.